The van der Waals surface area contributed by atoms with Crippen LogP contribution in [-0.2, 0) is 42.4 Å². The van der Waals surface area contributed by atoms with Crippen molar-refractivity contribution in [3.8, 4) is 11.5 Å². The minimum absolute atomic E-state index is 0.233. The summed E-state index contributed by atoms with van der Waals surface area (Å²) in [4.78, 5) is 6.33. The number of isothiocyanates is 1. The zero-order valence-electron chi connectivity index (χ0n) is 36.0. The molecule has 2 heterocycles. The van der Waals surface area contributed by atoms with Crippen LogP contribution in [0.4, 0.5) is 17.1 Å². The molecule has 0 fully saturated rings. The highest BCUT2D eigenvalue weighted by Crippen LogP contribution is 2.49. The number of aryl methyl sites for hydroxylation is 1. The van der Waals surface area contributed by atoms with Gasteiger partial charge in [-0.2, -0.15) is 30.6 Å². The summed E-state index contributed by atoms with van der Waals surface area (Å²) in [6, 6.07) is 18.8. The van der Waals surface area contributed by atoms with Crippen LogP contribution in [0.2, 0.25) is 0 Å². The zero-order valence-corrected chi connectivity index (χ0v) is 39.3. The standard InChI is InChI=1S/C46H53N3O10S4/c1-32-13-21-40-38(29-32)45(2,3)42(48(40)25-6-8-27-62(52,53)54)23-14-33-11-10-12-34(44(33)58-36-18-16-35(17-19-36)47-31-60)15-24-43-46(4,5)39-30-37(59-61(50)51)20-22-41(39)49(43)26-7-9-28-63(55,56)57/h13-24,29-30H,6-12,25-28H2,1-5H3,(H2-,50,51,52,53,54,55,56,57)/p+1. The van der Waals surface area contributed by atoms with Crippen LogP contribution < -0.4 is 13.8 Å². The van der Waals surface area contributed by atoms with E-state index in [0.717, 1.165) is 57.9 Å². The summed E-state index contributed by atoms with van der Waals surface area (Å²) in [5.74, 6) is 0.865. The smallest absolute Gasteiger partial charge is 0.357 e. The topological polar surface area (TPSA) is 183 Å². The Morgan fingerprint density at radius 2 is 1.54 bits per heavy atom. The molecule has 336 valence electrons. The monoisotopic (exact) mass is 936 g/mol. The van der Waals surface area contributed by atoms with Gasteiger partial charge in [-0.25, -0.2) is 0 Å². The van der Waals surface area contributed by atoms with E-state index in [0.29, 0.717) is 56.0 Å². The molecule has 3 N–H and O–H groups in total. The van der Waals surface area contributed by atoms with E-state index in [1.165, 1.54) is 5.56 Å². The first-order valence-electron chi connectivity index (χ1n) is 20.7. The summed E-state index contributed by atoms with van der Waals surface area (Å²) >= 11 is 2.29. The quantitative estimate of drug-likeness (QED) is 0.0275. The number of ether oxygens (including phenoxy) is 1. The van der Waals surface area contributed by atoms with Crippen LogP contribution in [0.1, 0.15) is 89.3 Å². The summed E-state index contributed by atoms with van der Waals surface area (Å²) in [6.45, 7) is 11.5. The van der Waals surface area contributed by atoms with Crippen LogP contribution in [0, 0.1) is 6.92 Å². The van der Waals surface area contributed by atoms with Gasteiger partial charge >= 0.3 is 11.4 Å². The number of hydrogen-bond acceptors (Lipinski definition) is 10. The Balaban J connectivity index is 1.44. The molecule has 0 saturated heterocycles. The molecule has 2 aliphatic heterocycles. The van der Waals surface area contributed by atoms with Crippen molar-refractivity contribution in [1.29, 1.82) is 0 Å². The third-order valence-electron chi connectivity index (χ3n) is 11.7. The normalized spacial score (nSPS) is 18.8. The Kier molecular flexibility index (Phi) is 14.9. The lowest BCUT2D eigenvalue weighted by Crippen LogP contribution is -2.28. The van der Waals surface area contributed by atoms with Crippen LogP contribution in [-0.4, -0.2) is 74.7 Å². The van der Waals surface area contributed by atoms with E-state index in [9.17, 15) is 34.7 Å². The molecule has 17 heteroatoms. The van der Waals surface area contributed by atoms with Gasteiger partial charge in [0.2, 0.25) is 5.69 Å². The minimum atomic E-state index is -4.13. The number of rotatable bonds is 18. The van der Waals surface area contributed by atoms with Gasteiger partial charge in [0, 0.05) is 47.5 Å². The van der Waals surface area contributed by atoms with Crippen molar-refractivity contribution in [3.63, 3.8) is 0 Å². The molecular weight excluding hydrogens is 883 g/mol. The molecule has 6 rings (SSSR count). The van der Waals surface area contributed by atoms with Gasteiger partial charge in [-0.15, -0.1) is 0 Å². The molecule has 0 radical (unpaired) electrons. The Morgan fingerprint density at radius 1 is 0.857 bits per heavy atom. The summed E-state index contributed by atoms with van der Waals surface area (Å²) < 4.78 is 100. The summed E-state index contributed by atoms with van der Waals surface area (Å²) in [6.07, 6.45) is 12.2. The second-order valence-corrected chi connectivity index (χ2v) is 20.9. The van der Waals surface area contributed by atoms with Gasteiger partial charge in [0.15, 0.2) is 5.71 Å². The fraction of sp³-hybridized carbons (Fsp3) is 0.391. The van der Waals surface area contributed by atoms with E-state index >= 15 is 0 Å². The highest BCUT2D eigenvalue weighted by Gasteiger charge is 2.45. The van der Waals surface area contributed by atoms with Gasteiger partial charge in [0.25, 0.3) is 20.2 Å². The average molecular weight is 937 g/mol. The maximum atomic E-state index is 11.6. The lowest BCUT2D eigenvalue weighted by molar-refractivity contribution is -0.438. The molecule has 3 aliphatic rings. The molecule has 0 bridgehead atoms. The Morgan fingerprint density at radius 3 is 2.21 bits per heavy atom. The van der Waals surface area contributed by atoms with Crippen LogP contribution in [0.3, 0.4) is 0 Å². The molecule has 0 spiro atoms. The third-order valence-corrected chi connectivity index (χ3v) is 13.8. The first-order chi connectivity index (χ1) is 29.7. The highest BCUT2D eigenvalue weighted by atomic mass is 32.2. The number of anilines is 1. The Bertz CT molecular complexity index is 2710. The first kappa shape index (κ1) is 47.9. The molecule has 0 aromatic heterocycles. The van der Waals surface area contributed by atoms with Gasteiger partial charge in [0.05, 0.1) is 27.8 Å². The van der Waals surface area contributed by atoms with E-state index in [1.54, 1.807) is 24.3 Å². The number of benzene rings is 3. The fourth-order valence-electron chi connectivity index (χ4n) is 8.64. The van der Waals surface area contributed by atoms with Gasteiger partial charge in [0.1, 0.15) is 23.8 Å². The van der Waals surface area contributed by atoms with Gasteiger partial charge in [-0.3, -0.25) is 13.7 Å². The molecule has 1 atom stereocenters. The maximum absolute atomic E-state index is 11.6. The van der Waals surface area contributed by atoms with Crippen molar-refractivity contribution in [1.82, 2.24) is 0 Å². The minimum Gasteiger partial charge on any atom is -0.457 e. The second kappa shape index (κ2) is 19.7. The van der Waals surface area contributed by atoms with Crippen molar-refractivity contribution in [3.05, 3.63) is 124 Å². The fourth-order valence-corrected chi connectivity index (χ4v) is 10.2. The number of nitrogens with zero attached hydrogens (tertiary/aromatic N) is 3. The zero-order chi connectivity index (χ0) is 45.7. The number of aliphatic imine (C=N–C) groups is 1. The van der Waals surface area contributed by atoms with E-state index in [4.69, 9.17) is 21.1 Å². The SMILES string of the molecule is Cc1ccc2c(c1)C(C)(C)/C(=C\C=C1/CCCC(/C=C/C3=[N+](CCCCS(=O)(=O)O)c4ccc(OS(=O)O)cc4C3(C)C)=C1Oc1ccc(N=C=S)cc1)N2CCCCS(=O)(=O)O. The third kappa shape index (κ3) is 11.8. The summed E-state index contributed by atoms with van der Waals surface area (Å²) in [5, 5.41) is 2.39. The van der Waals surface area contributed by atoms with Crippen molar-refractivity contribution >= 4 is 71.8 Å². The Labute approximate surface area is 378 Å². The molecule has 3 aromatic rings. The van der Waals surface area contributed by atoms with Crippen LogP contribution in [0.25, 0.3) is 0 Å². The number of thiocarbonyl (C=S) groups is 1. The maximum Gasteiger partial charge on any atom is 0.357 e. The predicted octanol–water partition coefficient (Wildman–Crippen LogP) is 9.64. The number of hydrogen-bond donors (Lipinski definition) is 3. The Hall–Kier alpha value is -4.58. The second-order valence-electron chi connectivity index (χ2n) is 17.0. The van der Waals surface area contributed by atoms with Crippen molar-refractivity contribution in [2.45, 2.75) is 90.4 Å². The lowest BCUT2D eigenvalue weighted by Gasteiger charge is -2.27. The molecule has 1 aliphatic carbocycles. The van der Waals surface area contributed by atoms with E-state index in [2.05, 4.69) is 96.8 Å². The van der Waals surface area contributed by atoms with Crippen LogP contribution >= 0.6 is 12.2 Å². The van der Waals surface area contributed by atoms with E-state index in [-0.39, 0.29) is 29.1 Å². The molecule has 0 amide bonds. The predicted molar refractivity (Wildman–Crippen MR) is 251 cm³/mol. The van der Waals surface area contributed by atoms with Gasteiger partial charge in [-0.1, -0.05) is 37.6 Å². The van der Waals surface area contributed by atoms with Crippen LogP contribution in [0.5, 0.6) is 11.5 Å². The lowest BCUT2D eigenvalue weighted by atomic mass is 9.81. The van der Waals surface area contributed by atoms with Crippen molar-refractivity contribution in [2.24, 2.45) is 4.99 Å². The molecule has 0 saturated carbocycles. The van der Waals surface area contributed by atoms with E-state index in [1.807, 2.05) is 18.2 Å². The molecule has 3 aromatic carbocycles. The van der Waals surface area contributed by atoms with Gasteiger partial charge in [-0.05, 0) is 143 Å². The largest absolute Gasteiger partial charge is 0.457 e. The molecular formula is C46H54N3O10S4+. The van der Waals surface area contributed by atoms with Crippen LogP contribution in [0.15, 0.2) is 113 Å². The van der Waals surface area contributed by atoms with Crippen molar-refractivity contribution in [2.75, 3.05) is 29.5 Å². The molecule has 63 heavy (non-hydrogen) atoms. The summed E-state index contributed by atoms with van der Waals surface area (Å²) in [7, 11) is -8.21. The summed E-state index contributed by atoms with van der Waals surface area (Å²) in [5.41, 5.74) is 8.59. The number of fused-ring (bicyclic) bond motifs is 2. The average Bonchev–Trinajstić information content (AvgIpc) is 3.54. The number of unbranched alkanes of at least 4 members (excludes halogenated alkanes) is 2. The van der Waals surface area contributed by atoms with E-state index < -0.39 is 37.0 Å². The molecule has 13 nitrogen and oxygen atoms in total. The highest BCUT2D eigenvalue weighted by molar-refractivity contribution is 7.86. The first-order valence-corrected chi connectivity index (χ1v) is 25.4. The number of allylic oxidation sites excluding steroid dienone is 7. The van der Waals surface area contributed by atoms with Gasteiger partial charge < -0.3 is 13.8 Å². The molecule has 1 unspecified atom stereocenters. The van der Waals surface area contributed by atoms with Crippen molar-refractivity contribution < 1.29 is 48.2 Å².